The summed E-state index contributed by atoms with van der Waals surface area (Å²) in [6.45, 7) is 1.64. The minimum atomic E-state index is -0.768. The van der Waals surface area contributed by atoms with Crippen LogP contribution >= 0.6 is 11.6 Å². The smallest absolute Gasteiger partial charge is 0.307 e. The van der Waals surface area contributed by atoms with E-state index in [1.54, 1.807) is 24.3 Å². The second kappa shape index (κ2) is 6.72. The minimum Gasteiger partial charge on any atom is -0.481 e. The number of nitrogens with one attached hydrogen (secondary N) is 1. The molecule has 108 valence electrons. The van der Waals surface area contributed by atoms with Crippen molar-refractivity contribution in [2.24, 2.45) is 5.92 Å². The van der Waals surface area contributed by atoms with E-state index in [4.69, 9.17) is 16.7 Å². The van der Waals surface area contributed by atoms with E-state index in [1.807, 2.05) is 4.90 Å². The fraction of sp³-hybridized carbons (Fsp3) is 0.429. The molecule has 5 nitrogen and oxygen atoms in total. The molecule has 0 aliphatic carbocycles. The number of carbonyl (C=O) groups excluding carboxylic acids is 1. The molecule has 1 saturated heterocycles. The van der Waals surface area contributed by atoms with Crippen LogP contribution in [0.25, 0.3) is 0 Å². The zero-order valence-electron chi connectivity index (χ0n) is 11.0. The first-order valence-electron chi connectivity index (χ1n) is 6.55. The third-order valence-corrected chi connectivity index (χ3v) is 3.64. The summed E-state index contributed by atoms with van der Waals surface area (Å²) in [4.78, 5) is 24.9. The quantitative estimate of drug-likeness (QED) is 0.889. The number of benzene rings is 1. The number of amides is 1. The highest BCUT2D eigenvalue weighted by atomic mass is 35.5. The van der Waals surface area contributed by atoms with Crippen LogP contribution in [0.4, 0.5) is 0 Å². The lowest BCUT2D eigenvalue weighted by atomic mass is 9.99. The van der Waals surface area contributed by atoms with Crippen LogP contribution in [0, 0.1) is 5.92 Å². The second-order valence-electron chi connectivity index (χ2n) is 4.93. The number of nitrogens with zero attached hydrogens (tertiary/aromatic N) is 1. The van der Waals surface area contributed by atoms with Crippen LogP contribution in [-0.4, -0.2) is 41.6 Å². The first-order valence-corrected chi connectivity index (χ1v) is 6.93. The summed E-state index contributed by atoms with van der Waals surface area (Å²) in [5.74, 6) is -1.31. The van der Waals surface area contributed by atoms with Gasteiger partial charge in [0.1, 0.15) is 0 Å². The average molecular weight is 297 g/mol. The Morgan fingerprint density at radius 2 is 2.25 bits per heavy atom. The number of halogens is 1. The maximum absolute atomic E-state index is 11.9. The van der Waals surface area contributed by atoms with Crippen LogP contribution in [0.15, 0.2) is 24.3 Å². The number of carboxylic acids is 1. The normalized spacial score (nSPS) is 19.6. The molecule has 20 heavy (non-hydrogen) atoms. The number of likely N-dealkylation sites (tertiary alicyclic amines) is 1. The highest BCUT2D eigenvalue weighted by molar-refractivity contribution is 6.30. The molecular weight excluding hydrogens is 280 g/mol. The highest BCUT2D eigenvalue weighted by Crippen LogP contribution is 2.16. The van der Waals surface area contributed by atoms with Gasteiger partial charge in [-0.25, -0.2) is 0 Å². The van der Waals surface area contributed by atoms with Crippen LogP contribution < -0.4 is 5.32 Å². The fourth-order valence-electron chi connectivity index (χ4n) is 2.32. The lowest BCUT2D eigenvalue weighted by Gasteiger charge is -2.30. The Bertz CT molecular complexity index is 507. The van der Waals surface area contributed by atoms with Gasteiger partial charge in [-0.15, -0.1) is 0 Å². The van der Waals surface area contributed by atoms with Crippen molar-refractivity contribution >= 4 is 23.5 Å². The Balaban J connectivity index is 1.85. The topological polar surface area (TPSA) is 69.6 Å². The van der Waals surface area contributed by atoms with Gasteiger partial charge in [0.25, 0.3) is 5.91 Å². The van der Waals surface area contributed by atoms with Gasteiger partial charge in [-0.3, -0.25) is 14.5 Å². The second-order valence-corrected chi connectivity index (χ2v) is 5.37. The highest BCUT2D eigenvalue weighted by Gasteiger charge is 2.25. The van der Waals surface area contributed by atoms with Gasteiger partial charge >= 0.3 is 5.97 Å². The van der Waals surface area contributed by atoms with Crippen molar-refractivity contribution in [3.8, 4) is 0 Å². The van der Waals surface area contributed by atoms with E-state index in [2.05, 4.69) is 5.32 Å². The van der Waals surface area contributed by atoms with E-state index in [0.29, 0.717) is 30.2 Å². The van der Waals surface area contributed by atoms with Gasteiger partial charge in [-0.05, 0) is 37.6 Å². The molecule has 1 amide bonds. The summed E-state index contributed by atoms with van der Waals surface area (Å²) < 4.78 is 0. The molecule has 0 bridgehead atoms. The number of hydrogen-bond acceptors (Lipinski definition) is 3. The zero-order valence-corrected chi connectivity index (χ0v) is 11.8. The number of piperidine rings is 1. The SMILES string of the molecule is O=C(NCN1CCCC(C(=O)O)C1)c1cccc(Cl)c1. The Labute approximate surface area is 122 Å². The summed E-state index contributed by atoms with van der Waals surface area (Å²) in [6.07, 6.45) is 1.54. The van der Waals surface area contributed by atoms with Gasteiger partial charge in [0.05, 0.1) is 12.6 Å². The minimum absolute atomic E-state index is 0.204. The largest absolute Gasteiger partial charge is 0.481 e. The molecule has 1 fully saturated rings. The number of carboxylic acid groups (broad SMARTS) is 1. The third kappa shape index (κ3) is 3.95. The lowest BCUT2D eigenvalue weighted by molar-refractivity contribution is -0.143. The van der Waals surface area contributed by atoms with Crippen molar-refractivity contribution in [1.82, 2.24) is 10.2 Å². The molecular formula is C14H17ClN2O3. The standard InChI is InChI=1S/C14H17ClN2O3/c15-12-5-1-3-10(7-12)13(18)16-9-17-6-2-4-11(8-17)14(19)20/h1,3,5,7,11H,2,4,6,8-9H2,(H,16,18)(H,19,20). The first kappa shape index (κ1) is 14.8. The molecule has 6 heteroatoms. The summed E-state index contributed by atoms with van der Waals surface area (Å²) in [5, 5.41) is 12.3. The molecule has 0 radical (unpaired) electrons. The molecule has 2 N–H and O–H groups in total. The predicted molar refractivity (Wildman–Crippen MR) is 75.7 cm³/mol. The first-order chi connectivity index (χ1) is 9.56. The van der Waals surface area contributed by atoms with E-state index in [-0.39, 0.29) is 11.8 Å². The van der Waals surface area contributed by atoms with Gasteiger partial charge in [0.15, 0.2) is 0 Å². The maximum Gasteiger partial charge on any atom is 0.307 e. The number of carbonyl (C=O) groups is 2. The molecule has 1 atom stereocenters. The summed E-state index contributed by atoms with van der Waals surface area (Å²) in [7, 11) is 0. The molecule has 0 saturated carbocycles. The molecule has 0 spiro atoms. The van der Waals surface area contributed by atoms with E-state index < -0.39 is 5.97 Å². The van der Waals surface area contributed by atoms with Crippen molar-refractivity contribution in [3.63, 3.8) is 0 Å². The van der Waals surface area contributed by atoms with Crippen LogP contribution in [0.3, 0.4) is 0 Å². The Kier molecular flexibility index (Phi) is 4.98. The Morgan fingerprint density at radius 3 is 2.95 bits per heavy atom. The molecule has 1 aromatic rings. The van der Waals surface area contributed by atoms with Gasteiger partial charge in [-0.2, -0.15) is 0 Å². The molecule has 2 rings (SSSR count). The van der Waals surface area contributed by atoms with E-state index >= 15 is 0 Å². The van der Waals surface area contributed by atoms with Crippen molar-refractivity contribution in [1.29, 1.82) is 0 Å². The van der Waals surface area contributed by atoms with E-state index in [0.717, 1.165) is 13.0 Å². The Hall–Kier alpha value is -1.59. The van der Waals surface area contributed by atoms with Crippen molar-refractivity contribution < 1.29 is 14.7 Å². The summed E-state index contributed by atoms with van der Waals surface area (Å²) in [6, 6.07) is 6.73. The van der Waals surface area contributed by atoms with Crippen LogP contribution in [0.2, 0.25) is 5.02 Å². The number of rotatable bonds is 4. The van der Waals surface area contributed by atoms with Gasteiger partial charge in [0, 0.05) is 17.1 Å². The van der Waals surface area contributed by atoms with Crippen LogP contribution in [0.5, 0.6) is 0 Å². The maximum atomic E-state index is 11.9. The average Bonchev–Trinajstić information content (AvgIpc) is 2.45. The molecule has 1 heterocycles. The van der Waals surface area contributed by atoms with Crippen molar-refractivity contribution in [3.05, 3.63) is 34.9 Å². The monoisotopic (exact) mass is 296 g/mol. The van der Waals surface area contributed by atoms with Crippen LogP contribution in [-0.2, 0) is 4.79 Å². The van der Waals surface area contributed by atoms with E-state index in [9.17, 15) is 9.59 Å². The number of hydrogen-bond donors (Lipinski definition) is 2. The number of aliphatic carboxylic acids is 1. The third-order valence-electron chi connectivity index (χ3n) is 3.40. The van der Waals surface area contributed by atoms with Gasteiger partial charge in [-0.1, -0.05) is 17.7 Å². The van der Waals surface area contributed by atoms with E-state index in [1.165, 1.54) is 0 Å². The molecule has 1 aliphatic rings. The van der Waals surface area contributed by atoms with Crippen molar-refractivity contribution in [2.45, 2.75) is 12.8 Å². The van der Waals surface area contributed by atoms with Gasteiger partial charge < -0.3 is 10.4 Å². The van der Waals surface area contributed by atoms with Crippen molar-refractivity contribution in [2.75, 3.05) is 19.8 Å². The summed E-state index contributed by atoms with van der Waals surface area (Å²) >= 11 is 5.84. The lowest BCUT2D eigenvalue weighted by Crippen LogP contribution is -2.44. The summed E-state index contributed by atoms with van der Waals surface area (Å²) in [5.41, 5.74) is 0.504. The molecule has 1 aromatic carbocycles. The molecule has 1 aliphatic heterocycles. The fourth-order valence-corrected chi connectivity index (χ4v) is 2.51. The molecule has 1 unspecified atom stereocenters. The van der Waals surface area contributed by atoms with Gasteiger partial charge in [0.2, 0.25) is 0 Å². The Morgan fingerprint density at radius 1 is 1.45 bits per heavy atom. The predicted octanol–water partition coefficient (Wildman–Crippen LogP) is 1.82. The molecule has 0 aromatic heterocycles. The zero-order chi connectivity index (χ0) is 14.5. The van der Waals surface area contributed by atoms with Crippen LogP contribution in [0.1, 0.15) is 23.2 Å².